The lowest BCUT2D eigenvalue weighted by Crippen LogP contribution is -2.29. The number of aromatic nitrogens is 1. The van der Waals surface area contributed by atoms with Gasteiger partial charge < -0.3 is 0 Å². The second kappa shape index (κ2) is 8.75. The van der Waals surface area contributed by atoms with Gasteiger partial charge in [-0.05, 0) is 36.3 Å². The number of rotatable bonds is 7. The van der Waals surface area contributed by atoms with Gasteiger partial charge in [0, 0.05) is 18.1 Å². The first-order chi connectivity index (χ1) is 13.0. The molecule has 0 atom stereocenters. The van der Waals surface area contributed by atoms with Gasteiger partial charge in [-0.25, -0.2) is 8.42 Å². The summed E-state index contributed by atoms with van der Waals surface area (Å²) in [6.07, 6.45) is 3.30. The molecule has 27 heavy (non-hydrogen) atoms. The van der Waals surface area contributed by atoms with Crippen LogP contribution in [0.1, 0.15) is 22.4 Å². The highest BCUT2D eigenvalue weighted by Gasteiger charge is 2.20. The molecule has 0 bridgehead atoms. The Kier molecular flexibility index (Phi) is 6.16. The molecule has 5 heteroatoms. The van der Waals surface area contributed by atoms with Crippen molar-refractivity contribution in [2.24, 2.45) is 0 Å². The van der Waals surface area contributed by atoms with E-state index in [2.05, 4.69) is 4.98 Å². The summed E-state index contributed by atoms with van der Waals surface area (Å²) in [5.41, 5.74) is 3.60. The average Bonchev–Trinajstić information content (AvgIpc) is 2.68. The molecule has 0 spiro atoms. The van der Waals surface area contributed by atoms with E-state index in [0.717, 1.165) is 16.7 Å². The van der Waals surface area contributed by atoms with E-state index >= 15 is 0 Å². The van der Waals surface area contributed by atoms with Gasteiger partial charge in [-0.15, -0.1) is 0 Å². The fourth-order valence-corrected chi connectivity index (χ4v) is 3.88. The molecular formula is C22H22N2O2S. The summed E-state index contributed by atoms with van der Waals surface area (Å²) in [6, 6.07) is 22.8. The van der Waals surface area contributed by atoms with Crippen LogP contribution in [0.5, 0.6) is 0 Å². The Morgan fingerprint density at radius 3 is 2.41 bits per heavy atom. The number of hydrogen-bond donors (Lipinski definition) is 0. The Morgan fingerprint density at radius 1 is 0.926 bits per heavy atom. The smallest absolute Gasteiger partial charge is 0.236 e. The Hall–Kier alpha value is -2.76. The minimum absolute atomic E-state index is 0.218. The Balaban J connectivity index is 1.88. The highest BCUT2D eigenvalue weighted by Crippen LogP contribution is 2.16. The zero-order valence-electron chi connectivity index (χ0n) is 15.2. The van der Waals surface area contributed by atoms with E-state index in [1.54, 1.807) is 12.3 Å². The summed E-state index contributed by atoms with van der Waals surface area (Å²) in [5.74, 6) is 0. The number of hydrogen-bond acceptors (Lipinski definition) is 3. The second-order valence-electron chi connectivity index (χ2n) is 6.34. The van der Waals surface area contributed by atoms with Gasteiger partial charge in [0.1, 0.15) is 0 Å². The first kappa shape index (κ1) is 19.0. The van der Waals surface area contributed by atoms with Crippen molar-refractivity contribution in [2.45, 2.75) is 20.0 Å². The molecule has 0 unspecified atom stereocenters. The molecule has 0 aliphatic rings. The third kappa shape index (κ3) is 5.61. The van der Waals surface area contributed by atoms with Crippen LogP contribution < -0.4 is 0 Å². The Morgan fingerprint density at radius 2 is 1.70 bits per heavy atom. The molecule has 0 saturated heterocycles. The SMILES string of the molecule is Cc1cccc(CN(Cc2ccccn2)S(=O)(=O)C=Cc2ccccc2)c1. The molecule has 3 rings (SSSR count). The van der Waals surface area contributed by atoms with Crippen LogP contribution in [0.2, 0.25) is 0 Å². The van der Waals surface area contributed by atoms with Gasteiger partial charge in [-0.3, -0.25) is 4.98 Å². The third-order valence-corrected chi connectivity index (χ3v) is 5.56. The van der Waals surface area contributed by atoms with Crippen molar-refractivity contribution in [3.63, 3.8) is 0 Å². The molecule has 0 saturated carbocycles. The normalized spacial score (nSPS) is 11.9. The largest absolute Gasteiger partial charge is 0.260 e. The molecule has 0 N–H and O–H groups in total. The lowest BCUT2D eigenvalue weighted by Gasteiger charge is -2.20. The van der Waals surface area contributed by atoms with Crippen LogP contribution >= 0.6 is 0 Å². The second-order valence-corrected chi connectivity index (χ2v) is 8.16. The maximum absolute atomic E-state index is 13.0. The molecule has 0 aliphatic carbocycles. The van der Waals surface area contributed by atoms with Crippen LogP contribution in [-0.2, 0) is 23.1 Å². The van der Waals surface area contributed by atoms with Crippen LogP contribution in [0, 0.1) is 6.92 Å². The summed E-state index contributed by atoms with van der Waals surface area (Å²) in [5, 5.41) is 1.26. The lowest BCUT2D eigenvalue weighted by molar-refractivity contribution is 0.403. The minimum Gasteiger partial charge on any atom is -0.260 e. The molecule has 2 aromatic carbocycles. The number of sulfonamides is 1. The maximum atomic E-state index is 13.0. The molecule has 0 fully saturated rings. The van der Waals surface area contributed by atoms with Gasteiger partial charge in [-0.1, -0.05) is 66.2 Å². The Bertz CT molecular complexity index is 1000. The van der Waals surface area contributed by atoms with Gasteiger partial charge in [0.05, 0.1) is 12.2 Å². The van der Waals surface area contributed by atoms with E-state index in [0.29, 0.717) is 12.2 Å². The van der Waals surface area contributed by atoms with Crippen molar-refractivity contribution >= 4 is 16.1 Å². The highest BCUT2D eigenvalue weighted by molar-refractivity contribution is 7.92. The summed E-state index contributed by atoms with van der Waals surface area (Å²) in [7, 11) is -3.62. The standard InChI is InChI=1S/C22H22N2O2S/c1-19-8-7-11-21(16-19)17-24(18-22-12-5-6-14-23-22)27(25,26)15-13-20-9-3-2-4-10-20/h2-16H,17-18H2,1H3. The summed E-state index contributed by atoms with van der Waals surface area (Å²) < 4.78 is 27.5. The molecule has 138 valence electrons. The van der Waals surface area contributed by atoms with E-state index in [1.165, 1.54) is 9.71 Å². The Labute approximate surface area is 160 Å². The van der Waals surface area contributed by atoms with Gasteiger partial charge in [0.25, 0.3) is 0 Å². The van der Waals surface area contributed by atoms with Crippen molar-refractivity contribution in [3.05, 3.63) is 107 Å². The lowest BCUT2D eigenvalue weighted by atomic mass is 10.1. The zero-order valence-corrected chi connectivity index (χ0v) is 16.0. The molecular weight excluding hydrogens is 356 g/mol. The fourth-order valence-electron chi connectivity index (χ4n) is 2.74. The first-order valence-corrected chi connectivity index (χ1v) is 10.2. The molecule has 1 heterocycles. The molecule has 3 aromatic rings. The van der Waals surface area contributed by atoms with Crippen LogP contribution in [0.4, 0.5) is 0 Å². The quantitative estimate of drug-likeness (QED) is 0.612. The third-order valence-electron chi connectivity index (χ3n) is 4.10. The monoisotopic (exact) mass is 378 g/mol. The molecule has 0 amide bonds. The average molecular weight is 378 g/mol. The van der Waals surface area contributed by atoms with Gasteiger partial charge in [-0.2, -0.15) is 4.31 Å². The minimum atomic E-state index is -3.62. The fraction of sp³-hybridized carbons (Fsp3) is 0.136. The summed E-state index contributed by atoms with van der Waals surface area (Å²) in [6.45, 7) is 2.51. The van der Waals surface area contributed by atoms with Gasteiger partial charge in [0.15, 0.2) is 0 Å². The van der Waals surface area contributed by atoms with E-state index in [-0.39, 0.29) is 6.54 Å². The van der Waals surface area contributed by atoms with E-state index in [9.17, 15) is 8.42 Å². The van der Waals surface area contributed by atoms with Gasteiger partial charge in [0.2, 0.25) is 10.0 Å². The number of aryl methyl sites for hydroxylation is 1. The van der Waals surface area contributed by atoms with Crippen molar-refractivity contribution < 1.29 is 8.42 Å². The van der Waals surface area contributed by atoms with E-state index < -0.39 is 10.0 Å². The molecule has 1 aromatic heterocycles. The maximum Gasteiger partial charge on any atom is 0.236 e. The zero-order chi connectivity index (χ0) is 19.1. The molecule has 4 nitrogen and oxygen atoms in total. The van der Waals surface area contributed by atoms with Crippen molar-refractivity contribution in [1.29, 1.82) is 0 Å². The van der Waals surface area contributed by atoms with Gasteiger partial charge >= 0.3 is 0 Å². The van der Waals surface area contributed by atoms with Crippen molar-refractivity contribution in [1.82, 2.24) is 9.29 Å². The van der Waals surface area contributed by atoms with E-state index in [4.69, 9.17) is 0 Å². The van der Waals surface area contributed by atoms with Crippen molar-refractivity contribution in [3.8, 4) is 0 Å². The van der Waals surface area contributed by atoms with Crippen molar-refractivity contribution in [2.75, 3.05) is 0 Å². The number of benzene rings is 2. The number of pyridine rings is 1. The highest BCUT2D eigenvalue weighted by atomic mass is 32.2. The predicted molar refractivity (Wildman–Crippen MR) is 109 cm³/mol. The first-order valence-electron chi connectivity index (χ1n) is 8.72. The number of nitrogens with zero attached hydrogens (tertiary/aromatic N) is 2. The van der Waals surface area contributed by atoms with Crippen LogP contribution in [-0.4, -0.2) is 17.7 Å². The summed E-state index contributed by atoms with van der Waals surface area (Å²) >= 11 is 0. The summed E-state index contributed by atoms with van der Waals surface area (Å²) in [4.78, 5) is 4.28. The van der Waals surface area contributed by atoms with Crippen LogP contribution in [0.15, 0.2) is 84.4 Å². The topological polar surface area (TPSA) is 50.3 Å². The molecule has 0 radical (unpaired) electrons. The van der Waals surface area contributed by atoms with Crippen LogP contribution in [0.3, 0.4) is 0 Å². The molecule has 0 aliphatic heterocycles. The predicted octanol–water partition coefficient (Wildman–Crippen LogP) is 4.39. The van der Waals surface area contributed by atoms with Crippen LogP contribution in [0.25, 0.3) is 6.08 Å². The van der Waals surface area contributed by atoms with E-state index in [1.807, 2.05) is 79.7 Å².